The SMILES string of the molecule is Cc1cccc(=O)n1CCC(C)(C)C(N)=S. The topological polar surface area (TPSA) is 48.0 Å². The van der Waals surface area contributed by atoms with Crippen molar-refractivity contribution in [3.63, 3.8) is 0 Å². The fourth-order valence-electron chi connectivity index (χ4n) is 1.42. The molecule has 0 unspecified atom stereocenters. The third kappa shape index (κ3) is 2.92. The molecule has 88 valence electrons. The van der Waals surface area contributed by atoms with Gasteiger partial charge in [-0.05, 0) is 19.4 Å². The summed E-state index contributed by atoms with van der Waals surface area (Å²) in [7, 11) is 0. The van der Waals surface area contributed by atoms with Gasteiger partial charge in [-0.1, -0.05) is 32.1 Å². The summed E-state index contributed by atoms with van der Waals surface area (Å²) in [6, 6.07) is 5.27. The molecule has 0 aromatic carbocycles. The van der Waals surface area contributed by atoms with Gasteiger partial charge in [0, 0.05) is 23.7 Å². The van der Waals surface area contributed by atoms with Crippen molar-refractivity contribution in [2.24, 2.45) is 11.1 Å². The van der Waals surface area contributed by atoms with Crippen molar-refractivity contribution in [1.82, 2.24) is 4.57 Å². The van der Waals surface area contributed by atoms with Crippen molar-refractivity contribution >= 4 is 17.2 Å². The lowest BCUT2D eigenvalue weighted by Crippen LogP contribution is -2.32. The van der Waals surface area contributed by atoms with E-state index in [1.807, 2.05) is 26.8 Å². The molecule has 2 N–H and O–H groups in total. The van der Waals surface area contributed by atoms with E-state index in [2.05, 4.69) is 0 Å². The molecule has 4 heteroatoms. The summed E-state index contributed by atoms with van der Waals surface area (Å²) in [5, 5.41) is 0. The van der Waals surface area contributed by atoms with Gasteiger partial charge >= 0.3 is 0 Å². The molecule has 0 atom stereocenters. The van der Waals surface area contributed by atoms with E-state index in [0.29, 0.717) is 11.5 Å². The Labute approximate surface area is 101 Å². The van der Waals surface area contributed by atoms with Crippen molar-refractivity contribution < 1.29 is 0 Å². The minimum atomic E-state index is -0.211. The van der Waals surface area contributed by atoms with E-state index in [9.17, 15) is 4.79 Å². The molecule has 1 aromatic heterocycles. The fraction of sp³-hybridized carbons (Fsp3) is 0.500. The maximum atomic E-state index is 11.6. The van der Waals surface area contributed by atoms with E-state index in [0.717, 1.165) is 12.1 Å². The minimum absolute atomic E-state index is 0.0266. The van der Waals surface area contributed by atoms with Gasteiger partial charge in [-0.3, -0.25) is 4.79 Å². The van der Waals surface area contributed by atoms with E-state index in [-0.39, 0.29) is 11.0 Å². The summed E-state index contributed by atoms with van der Waals surface area (Å²) in [5.74, 6) is 0. The van der Waals surface area contributed by atoms with Crippen LogP contribution in [0.15, 0.2) is 23.0 Å². The van der Waals surface area contributed by atoms with Gasteiger partial charge in [-0.15, -0.1) is 0 Å². The predicted octanol–water partition coefficient (Wildman–Crippen LogP) is 1.86. The lowest BCUT2D eigenvalue weighted by Gasteiger charge is -2.23. The second-order valence-electron chi connectivity index (χ2n) is 4.66. The number of rotatable bonds is 4. The first-order valence-corrected chi connectivity index (χ1v) is 5.72. The lowest BCUT2D eigenvalue weighted by atomic mass is 9.89. The third-order valence-electron chi connectivity index (χ3n) is 2.90. The van der Waals surface area contributed by atoms with Crippen molar-refractivity contribution in [1.29, 1.82) is 0 Å². The molecule has 0 fully saturated rings. The molecule has 0 saturated heterocycles. The van der Waals surface area contributed by atoms with Crippen LogP contribution < -0.4 is 11.3 Å². The summed E-state index contributed by atoms with van der Waals surface area (Å²) < 4.78 is 1.75. The maximum Gasteiger partial charge on any atom is 0.250 e. The highest BCUT2D eigenvalue weighted by Crippen LogP contribution is 2.21. The van der Waals surface area contributed by atoms with Crippen LogP contribution in [0.4, 0.5) is 0 Å². The smallest absolute Gasteiger partial charge is 0.250 e. The van der Waals surface area contributed by atoms with Crippen LogP contribution >= 0.6 is 12.2 Å². The van der Waals surface area contributed by atoms with Gasteiger partial charge in [0.1, 0.15) is 0 Å². The van der Waals surface area contributed by atoms with E-state index in [4.69, 9.17) is 18.0 Å². The predicted molar refractivity (Wildman–Crippen MR) is 70.6 cm³/mol. The van der Waals surface area contributed by atoms with E-state index in [1.54, 1.807) is 16.7 Å². The van der Waals surface area contributed by atoms with Crippen LogP contribution in [0.25, 0.3) is 0 Å². The number of nitrogens with two attached hydrogens (primary N) is 1. The zero-order valence-corrected chi connectivity index (χ0v) is 10.8. The molecule has 0 spiro atoms. The van der Waals surface area contributed by atoms with Gasteiger partial charge in [0.05, 0.1) is 4.99 Å². The van der Waals surface area contributed by atoms with Crippen LogP contribution in [0.2, 0.25) is 0 Å². The van der Waals surface area contributed by atoms with Crippen molar-refractivity contribution in [2.75, 3.05) is 0 Å². The number of aromatic nitrogens is 1. The van der Waals surface area contributed by atoms with Crippen molar-refractivity contribution in [3.05, 3.63) is 34.2 Å². The van der Waals surface area contributed by atoms with Gasteiger partial charge in [-0.2, -0.15) is 0 Å². The Balaban J connectivity index is 2.84. The number of aryl methyl sites for hydroxylation is 1. The number of pyridine rings is 1. The number of hydrogen-bond acceptors (Lipinski definition) is 2. The van der Waals surface area contributed by atoms with Crippen LogP contribution in [-0.4, -0.2) is 9.56 Å². The van der Waals surface area contributed by atoms with Crippen LogP contribution in [0.3, 0.4) is 0 Å². The maximum absolute atomic E-state index is 11.6. The van der Waals surface area contributed by atoms with Gasteiger partial charge in [0.25, 0.3) is 5.56 Å². The highest BCUT2D eigenvalue weighted by molar-refractivity contribution is 7.80. The minimum Gasteiger partial charge on any atom is -0.393 e. The molecule has 0 aliphatic heterocycles. The first kappa shape index (κ1) is 12.9. The molecular formula is C12H18N2OS. The van der Waals surface area contributed by atoms with Crippen LogP contribution in [0.5, 0.6) is 0 Å². The number of hydrogen-bond donors (Lipinski definition) is 1. The van der Waals surface area contributed by atoms with Crippen molar-refractivity contribution in [2.45, 2.75) is 33.7 Å². The van der Waals surface area contributed by atoms with E-state index in [1.165, 1.54) is 0 Å². The molecule has 0 bridgehead atoms. The van der Waals surface area contributed by atoms with Gasteiger partial charge in [0.2, 0.25) is 0 Å². The largest absolute Gasteiger partial charge is 0.393 e. The van der Waals surface area contributed by atoms with Crippen LogP contribution in [0, 0.1) is 12.3 Å². The molecule has 1 heterocycles. The summed E-state index contributed by atoms with van der Waals surface area (Å²) in [6.45, 7) is 6.57. The monoisotopic (exact) mass is 238 g/mol. The zero-order chi connectivity index (χ0) is 12.3. The Bertz CT molecular complexity index is 449. The standard InChI is InChI=1S/C12H18N2OS/c1-9-5-4-6-10(15)14(9)8-7-12(2,3)11(13)16/h4-6H,7-8H2,1-3H3,(H2,13,16). The van der Waals surface area contributed by atoms with Gasteiger partial charge < -0.3 is 10.3 Å². The first-order chi connectivity index (χ1) is 7.34. The number of thiocarbonyl (C=S) groups is 1. The van der Waals surface area contributed by atoms with Gasteiger partial charge in [0.15, 0.2) is 0 Å². The second-order valence-corrected chi connectivity index (χ2v) is 5.10. The highest BCUT2D eigenvalue weighted by atomic mass is 32.1. The lowest BCUT2D eigenvalue weighted by molar-refractivity contribution is 0.427. The molecular weight excluding hydrogens is 220 g/mol. The Morgan fingerprint density at radius 2 is 2.12 bits per heavy atom. The Morgan fingerprint density at radius 3 is 2.62 bits per heavy atom. The zero-order valence-electron chi connectivity index (χ0n) is 9.99. The van der Waals surface area contributed by atoms with Gasteiger partial charge in [-0.25, -0.2) is 0 Å². The molecule has 0 radical (unpaired) electrons. The summed E-state index contributed by atoms with van der Waals surface area (Å²) >= 11 is 5.00. The summed E-state index contributed by atoms with van der Waals surface area (Å²) in [5.41, 5.74) is 6.43. The first-order valence-electron chi connectivity index (χ1n) is 5.31. The van der Waals surface area contributed by atoms with E-state index < -0.39 is 0 Å². The third-order valence-corrected chi connectivity index (χ3v) is 3.45. The quantitative estimate of drug-likeness (QED) is 0.814. The Hall–Kier alpha value is -1.16. The average Bonchev–Trinajstić information content (AvgIpc) is 2.16. The molecule has 16 heavy (non-hydrogen) atoms. The molecule has 0 aliphatic rings. The molecule has 1 aromatic rings. The molecule has 3 nitrogen and oxygen atoms in total. The summed E-state index contributed by atoms with van der Waals surface area (Å²) in [4.78, 5) is 12.1. The summed E-state index contributed by atoms with van der Waals surface area (Å²) in [6.07, 6.45) is 0.771. The molecule has 0 amide bonds. The fourth-order valence-corrected chi connectivity index (χ4v) is 1.53. The number of nitrogens with zero attached hydrogens (tertiary/aromatic N) is 1. The van der Waals surface area contributed by atoms with E-state index >= 15 is 0 Å². The van der Waals surface area contributed by atoms with Crippen LogP contribution in [0.1, 0.15) is 26.0 Å². The molecule has 1 rings (SSSR count). The molecule has 0 aliphatic carbocycles. The second kappa shape index (κ2) is 4.78. The normalized spacial score (nSPS) is 11.4. The van der Waals surface area contributed by atoms with Crippen molar-refractivity contribution in [3.8, 4) is 0 Å². The Morgan fingerprint density at radius 1 is 1.50 bits per heavy atom. The molecule has 0 saturated carbocycles. The average molecular weight is 238 g/mol. The Kier molecular flexibility index (Phi) is 3.86. The highest BCUT2D eigenvalue weighted by Gasteiger charge is 2.21. The van der Waals surface area contributed by atoms with Crippen LogP contribution in [-0.2, 0) is 6.54 Å².